The average molecular weight is 500 g/mol. The largest absolute Gasteiger partial charge is 0.460 e. The maximum Gasteiger partial charge on any atom is 0.325 e. The number of allylic oxidation sites excluding steroid dienone is 1. The predicted molar refractivity (Wildman–Crippen MR) is 118 cm³/mol. The van der Waals surface area contributed by atoms with Crippen LogP contribution in [0.5, 0.6) is 0 Å². The maximum atomic E-state index is 12.8. The van der Waals surface area contributed by atoms with Crippen LogP contribution >= 0.6 is 34.8 Å². The molecule has 3 atom stereocenters. The minimum atomic E-state index is -1.73. The number of ether oxygens (including phenoxy) is 1. The fourth-order valence-corrected chi connectivity index (χ4v) is 3.02. The van der Waals surface area contributed by atoms with E-state index in [0.717, 1.165) is 0 Å². The van der Waals surface area contributed by atoms with E-state index in [2.05, 4.69) is 16.1 Å². The lowest BCUT2D eigenvalue weighted by molar-refractivity contribution is -0.152. The van der Waals surface area contributed by atoms with E-state index in [1.807, 2.05) is 0 Å². The van der Waals surface area contributed by atoms with E-state index in [1.165, 1.54) is 18.0 Å². The van der Waals surface area contributed by atoms with Crippen molar-refractivity contribution in [1.82, 2.24) is 21.1 Å². The molecular formula is C19H29Cl3N4O5. The monoisotopic (exact) mass is 498 g/mol. The Labute approximate surface area is 197 Å². The molecule has 1 heterocycles. The van der Waals surface area contributed by atoms with Gasteiger partial charge in [0.2, 0.25) is 15.6 Å². The highest BCUT2D eigenvalue weighted by molar-refractivity contribution is 6.67. The number of hydrazine groups is 1. The molecule has 0 unspecified atom stereocenters. The van der Waals surface area contributed by atoms with Crippen molar-refractivity contribution in [2.45, 2.75) is 62.5 Å². The number of carbonyl (C=O) groups excluding carboxylic acids is 4. The summed E-state index contributed by atoms with van der Waals surface area (Å²) in [5, 5.41) is 6.50. The lowest BCUT2D eigenvalue weighted by Crippen LogP contribution is -2.61. The molecule has 1 aliphatic heterocycles. The number of alkyl halides is 3. The minimum Gasteiger partial charge on any atom is -0.460 e. The lowest BCUT2D eigenvalue weighted by atomic mass is 10.0. The fourth-order valence-electron chi connectivity index (χ4n) is 2.86. The summed E-state index contributed by atoms with van der Waals surface area (Å²) in [5.74, 6) is -2.16. The van der Waals surface area contributed by atoms with E-state index in [9.17, 15) is 19.2 Å². The SMILES string of the molecule is C/C=C/C(=O)N[C@H](C(=O)N[C@@H](C)C(=O)N1CCC[C@@H](C(=O)OCC(Cl)(Cl)Cl)N1)C(C)C. The van der Waals surface area contributed by atoms with Crippen LogP contribution in [-0.2, 0) is 23.9 Å². The predicted octanol–water partition coefficient (Wildman–Crippen LogP) is 1.62. The molecule has 0 aromatic carbocycles. The maximum absolute atomic E-state index is 12.8. The van der Waals surface area contributed by atoms with Gasteiger partial charge in [-0.3, -0.25) is 24.2 Å². The third-order valence-corrected chi connectivity index (χ3v) is 4.74. The summed E-state index contributed by atoms with van der Waals surface area (Å²) in [4.78, 5) is 49.4. The van der Waals surface area contributed by atoms with Crippen molar-refractivity contribution in [2.24, 2.45) is 5.92 Å². The first-order chi connectivity index (χ1) is 14.4. The fraction of sp³-hybridized carbons (Fsp3) is 0.684. The summed E-state index contributed by atoms with van der Waals surface area (Å²) in [7, 11) is 0. The van der Waals surface area contributed by atoms with Gasteiger partial charge in [-0.2, -0.15) is 0 Å². The third-order valence-electron chi connectivity index (χ3n) is 4.41. The molecule has 1 aliphatic rings. The van der Waals surface area contributed by atoms with Crippen molar-refractivity contribution >= 4 is 58.5 Å². The van der Waals surface area contributed by atoms with Crippen molar-refractivity contribution in [2.75, 3.05) is 13.2 Å². The Balaban J connectivity index is 2.69. The van der Waals surface area contributed by atoms with Gasteiger partial charge in [-0.1, -0.05) is 54.7 Å². The molecular weight excluding hydrogens is 471 g/mol. The number of esters is 1. The summed E-state index contributed by atoms with van der Waals surface area (Å²) in [5.41, 5.74) is 2.79. The Hall–Kier alpha value is -1.55. The second-order valence-corrected chi connectivity index (χ2v) is 10.0. The first kappa shape index (κ1) is 27.5. The van der Waals surface area contributed by atoms with Gasteiger partial charge in [0.15, 0.2) is 0 Å². The van der Waals surface area contributed by atoms with Crippen molar-refractivity contribution in [3.8, 4) is 0 Å². The summed E-state index contributed by atoms with van der Waals surface area (Å²) in [6.07, 6.45) is 3.86. The highest BCUT2D eigenvalue weighted by atomic mass is 35.6. The van der Waals surface area contributed by atoms with Gasteiger partial charge in [-0.05, 0) is 38.7 Å². The third kappa shape index (κ3) is 9.64. The number of nitrogens with one attached hydrogen (secondary N) is 3. The molecule has 1 fully saturated rings. The normalized spacial score (nSPS) is 19.1. The number of rotatable bonds is 8. The molecule has 0 aliphatic carbocycles. The van der Waals surface area contributed by atoms with Gasteiger partial charge in [-0.25, -0.2) is 5.43 Å². The Morgan fingerprint density at radius 3 is 2.39 bits per heavy atom. The van der Waals surface area contributed by atoms with Crippen molar-refractivity contribution in [3.63, 3.8) is 0 Å². The molecule has 3 N–H and O–H groups in total. The zero-order valence-electron chi connectivity index (χ0n) is 17.9. The van der Waals surface area contributed by atoms with Crippen LogP contribution in [0.25, 0.3) is 0 Å². The summed E-state index contributed by atoms with van der Waals surface area (Å²) in [6.45, 7) is 6.72. The van der Waals surface area contributed by atoms with E-state index >= 15 is 0 Å². The van der Waals surface area contributed by atoms with Crippen molar-refractivity contribution in [3.05, 3.63) is 12.2 Å². The van der Waals surface area contributed by atoms with Crippen LogP contribution in [0.1, 0.15) is 40.5 Å². The Bertz CT molecular complexity index is 697. The quantitative estimate of drug-likeness (QED) is 0.265. The van der Waals surface area contributed by atoms with Crippen LogP contribution in [0.4, 0.5) is 0 Å². The Morgan fingerprint density at radius 2 is 1.84 bits per heavy atom. The second kappa shape index (κ2) is 12.5. The van der Waals surface area contributed by atoms with Crippen LogP contribution < -0.4 is 16.1 Å². The van der Waals surface area contributed by atoms with E-state index in [4.69, 9.17) is 39.5 Å². The summed E-state index contributed by atoms with van der Waals surface area (Å²) in [6, 6.07) is -2.48. The lowest BCUT2D eigenvalue weighted by Gasteiger charge is -2.34. The van der Waals surface area contributed by atoms with Crippen LogP contribution in [0, 0.1) is 5.92 Å². The Morgan fingerprint density at radius 1 is 1.19 bits per heavy atom. The van der Waals surface area contributed by atoms with E-state index in [0.29, 0.717) is 19.4 Å². The molecule has 0 bridgehead atoms. The molecule has 0 aromatic heterocycles. The number of nitrogens with zero attached hydrogens (tertiary/aromatic N) is 1. The van der Waals surface area contributed by atoms with E-state index < -0.39 is 52.2 Å². The number of amides is 3. The summed E-state index contributed by atoms with van der Waals surface area (Å²) < 4.78 is 3.23. The van der Waals surface area contributed by atoms with Gasteiger partial charge < -0.3 is 15.4 Å². The van der Waals surface area contributed by atoms with Gasteiger partial charge >= 0.3 is 5.97 Å². The smallest absolute Gasteiger partial charge is 0.325 e. The molecule has 1 rings (SSSR count). The van der Waals surface area contributed by atoms with Gasteiger partial charge in [0.05, 0.1) is 0 Å². The molecule has 3 amide bonds. The van der Waals surface area contributed by atoms with Gasteiger partial charge in [-0.15, -0.1) is 0 Å². The minimum absolute atomic E-state index is 0.193. The molecule has 9 nitrogen and oxygen atoms in total. The first-order valence-corrected chi connectivity index (χ1v) is 11.0. The van der Waals surface area contributed by atoms with Crippen LogP contribution in [0.3, 0.4) is 0 Å². The molecule has 0 radical (unpaired) electrons. The van der Waals surface area contributed by atoms with Crippen LogP contribution in [-0.4, -0.2) is 63.8 Å². The molecule has 0 spiro atoms. The molecule has 12 heteroatoms. The number of hydrogen-bond acceptors (Lipinski definition) is 6. The number of hydrogen-bond donors (Lipinski definition) is 3. The van der Waals surface area contributed by atoms with Gasteiger partial charge in [0.1, 0.15) is 24.7 Å². The molecule has 176 valence electrons. The second-order valence-electron chi connectivity index (χ2n) is 7.50. The van der Waals surface area contributed by atoms with Gasteiger partial charge in [0, 0.05) is 6.54 Å². The van der Waals surface area contributed by atoms with Gasteiger partial charge in [0.25, 0.3) is 5.91 Å². The number of carbonyl (C=O) groups is 4. The van der Waals surface area contributed by atoms with E-state index in [1.54, 1.807) is 26.8 Å². The number of halogens is 3. The average Bonchev–Trinajstić information content (AvgIpc) is 2.69. The standard InChI is InChI=1S/C19H29Cl3N4O5/c1-5-7-14(27)24-15(11(2)3)16(28)23-12(4)17(29)26-9-6-8-13(25-26)18(30)31-10-19(20,21)22/h5,7,11-13,15,25H,6,8-10H2,1-4H3,(H,23,28)(H,24,27)/b7-5+/t12-,13-,15-/m0/s1. The molecule has 0 aromatic rings. The van der Waals surface area contributed by atoms with Crippen molar-refractivity contribution < 1.29 is 23.9 Å². The first-order valence-electron chi connectivity index (χ1n) is 9.90. The zero-order chi connectivity index (χ0) is 23.8. The topological polar surface area (TPSA) is 117 Å². The molecule has 1 saturated heterocycles. The summed E-state index contributed by atoms with van der Waals surface area (Å²) >= 11 is 16.7. The van der Waals surface area contributed by atoms with Crippen molar-refractivity contribution in [1.29, 1.82) is 0 Å². The molecule has 0 saturated carbocycles. The highest BCUT2D eigenvalue weighted by Gasteiger charge is 2.34. The van der Waals surface area contributed by atoms with Crippen LogP contribution in [0.15, 0.2) is 12.2 Å². The molecule has 31 heavy (non-hydrogen) atoms. The zero-order valence-corrected chi connectivity index (χ0v) is 20.2. The van der Waals surface area contributed by atoms with E-state index in [-0.39, 0.29) is 5.92 Å². The Kier molecular flexibility index (Phi) is 11.1. The van der Waals surface area contributed by atoms with Crippen LogP contribution in [0.2, 0.25) is 0 Å². The highest BCUT2D eigenvalue weighted by Crippen LogP contribution is 2.26.